The van der Waals surface area contributed by atoms with E-state index in [1.165, 1.54) is 0 Å². The number of aromatic amines is 1. The fraction of sp³-hybridized carbons (Fsp3) is 0.500. The number of hydrogen-bond acceptors (Lipinski definition) is 5. The van der Waals surface area contributed by atoms with Crippen LogP contribution < -0.4 is 5.73 Å². The average molecular weight is 221 g/mol. The molecule has 0 amide bonds. The van der Waals surface area contributed by atoms with Crippen molar-refractivity contribution in [2.45, 2.75) is 32.2 Å². The molecule has 0 unspecified atom stereocenters. The number of H-pyrrole nitrogens is 1. The van der Waals surface area contributed by atoms with E-state index in [0.29, 0.717) is 11.7 Å². The van der Waals surface area contributed by atoms with E-state index in [4.69, 9.17) is 10.3 Å². The summed E-state index contributed by atoms with van der Waals surface area (Å²) in [5, 5.41) is 10.5. The standard InChI is InChI=1S/C10H15N5O/c1-3-10(11,4-2)9-14-8(16-15-9)7-5-12-13-6-7/h5-6H,3-4,11H2,1-2H3,(H,12,13). The first-order chi connectivity index (χ1) is 7.69. The molecule has 2 aromatic heterocycles. The summed E-state index contributed by atoms with van der Waals surface area (Å²) in [7, 11) is 0. The second kappa shape index (κ2) is 4.05. The van der Waals surface area contributed by atoms with Crippen LogP contribution >= 0.6 is 0 Å². The second-order valence-corrected chi connectivity index (χ2v) is 3.77. The summed E-state index contributed by atoms with van der Waals surface area (Å²) in [4.78, 5) is 4.30. The van der Waals surface area contributed by atoms with E-state index in [1.807, 2.05) is 13.8 Å². The van der Waals surface area contributed by atoms with Gasteiger partial charge in [-0.25, -0.2) is 0 Å². The molecule has 0 aromatic carbocycles. The molecule has 0 spiro atoms. The van der Waals surface area contributed by atoms with Crippen molar-refractivity contribution >= 4 is 0 Å². The number of nitrogens with two attached hydrogens (primary N) is 1. The minimum Gasteiger partial charge on any atom is -0.334 e. The summed E-state index contributed by atoms with van der Waals surface area (Å²) < 4.78 is 5.16. The predicted molar refractivity (Wildman–Crippen MR) is 58.3 cm³/mol. The van der Waals surface area contributed by atoms with Gasteiger partial charge in [-0.3, -0.25) is 5.10 Å². The van der Waals surface area contributed by atoms with Gasteiger partial charge in [-0.1, -0.05) is 19.0 Å². The maximum atomic E-state index is 6.18. The van der Waals surface area contributed by atoms with E-state index in [1.54, 1.807) is 12.4 Å². The molecule has 2 aromatic rings. The van der Waals surface area contributed by atoms with Crippen molar-refractivity contribution in [3.05, 3.63) is 18.2 Å². The summed E-state index contributed by atoms with van der Waals surface area (Å²) in [6.07, 6.45) is 4.88. The SMILES string of the molecule is CCC(N)(CC)c1noc(-c2cn[nH]c2)n1. The molecule has 86 valence electrons. The molecule has 0 aliphatic carbocycles. The van der Waals surface area contributed by atoms with Gasteiger partial charge in [0.25, 0.3) is 5.89 Å². The topological polar surface area (TPSA) is 93.6 Å². The molecule has 16 heavy (non-hydrogen) atoms. The normalized spacial score (nSPS) is 11.9. The van der Waals surface area contributed by atoms with Gasteiger partial charge in [0.15, 0.2) is 5.82 Å². The Labute approximate surface area is 93.2 Å². The van der Waals surface area contributed by atoms with Crippen molar-refractivity contribution in [2.75, 3.05) is 0 Å². The van der Waals surface area contributed by atoms with E-state index in [9.17, 15) is 0 Å². The summed E-state index contributed by atoms with van der Waals surface area (Å²) in [6, 6.07) is 0. The molecule has 0 aliphatic heterocycles. The number of nitrogens with zero attached hydrogens (tertiary/aromatic N) is 3. The lowest BCUT2D eigenvalue weighted by molar-refractivity contribution is 0.350. The molecule has 0 saturated carbocycles. The lowest BCUT2D eigenvalue weighted by atomic mass is 9.93. The third kappa shape index (κ3) is 1.71. The number of hydrogen-bond donors (Lipinski definition) is 2. The monoisotopic (exact) mass is 221 g/mol. The Hall–Kier alpha value is -1.69. The van der Waals surface area contributed by atoms with Crippen molar-refractivity contribution in [1.82, 2.24) is 20.3 Å². The molecule has 0 radical (unpaired) electrons. The second-order valence-electron chi connectivity index (χ2n) is 3.77. The van der Waals surface area contributed by atoms with E-state index >= 15 is 0 Å². The fourth-order valence-corrected chi connectivity index (χ4v) is 1.48. The van der Waals surface area contributed by atoms with E-state index in [0.717, 1.165) is 18.4 Å². The molecule has 2 heterocycles. The smallest absolute Gasteiger partial charge is 0.261 e. The number of nitrogens with one attached hydrogen (secondary N) is 1. The Morgan fingerprint density at radius 3 is 2.75 bits per heavy atom. The molecule has 0 bridgehead atoms. The van der Waals surface area contributed by atoms with Crippen molar-refractivity contribution in [2.24, 2.45) is 5.73 Å². The average Bonchev–Trinajstić information content (AvgIpc) is 2.97. The molecule has 3 N–H and O–H groups in total. The van der Waals surface area contributed by atoms with Gasteiger partial charge in [-0.15, -0.1) is 0 Å². The van der Waals surface area contributed by atoms with Gasteiger partial charge < -0.3 is 10.3 Å². The Morgan fingerprint density at radius 2 is 2.19 bits per heavy atom. The zero-order valence-corrected chi connectivity index (χ0v) is 9.40. The maximum absolute atomic E-state index is 6.18. The van der Waals surface area contributed by atoms with Crippen LogP contribution in [0.15, 0.2) is 16.9 Å². The summed E-state index contributed by atoms with van der Waals surface area (Å²) in [6.45, 7) is 4.02. The first kappa shape index (κ1) is 10.8. The Bertz CT molecular complexity index is 443. The van der Waals surface area contributed by atoms with Crippen LogP contribution in [-0.4, -0.2) is 20.3 Å². The highest BCUT2D eigenvalue weighted by Gasteiger charge is 2.29. The highest BCUT2D eigenvalue weighted by Crippen LogP contribution is 2.25. The Balaban J connectivity index is 2.33. The van der Waals surface area contributed by atoms with Gasteiger partial charge in [0.1, 0.15) is 0 Å². The van der Waals surface area contributed by atoms with Crippen LogP contribution in [0, 0.1) is 0 Å². The summed E-state index contributed by atoms with van der Waals surface area (Å²) >= 11 is 0. The molecule has 0 atom stereocenters. The van der Waals surface area contributed by atoms with Crippen molar-refractivity contribution in [3.63, 3.8) is 0 Å². The van der Waals surface area contributed by atoms with E-state index in [2.05, 4.69) is 20.3 Å². The largest absolute Gasteiger partial charge is 0.334 e. The van der Waals surface area contributed by atoms with Gasteiger partial charge in [0.05, 0.1) is 17.3 Å². The zero-order valence-electron chi connectivity index (χ0n) is 9.40. The Morgan fingerprint density at radius 1 is 1.44 bits per heavy atom. The van der Waals surface area contributed by atoms with Crippen LogP contribution in [0.25, 0.3) is 11.5 Å². The minimum absolute atomic E-state index is 0.445. The van der Waals surface area contributed by atoms with Gasteiger partial charge in [-0.2, -0.15) is 10.1 Å². The molecule has 0 aliphatic rings. The van der Waals surface area contributed by atoms with Gasteiger partial charge in [0, 0.05) is 6.20 Å². The van der Waals surface area contributed by atoms with Crippen molar-refractivity contribution < 1.29 is 4.52 Å². The predicted octanol–water partition coefficient (Wildman–Crippen LogP) is 1.43. The molecule has 6 nitrogen and oxygen atoms in total. The van der Waals surface area contributed by atoms with Crippen molar-refractivity contribution in [3.8, 4) is 11.5 Å². The molecular weight excluding hydrogens is 206 g/mol. The molecule has 0 fully saturated rings. The van der Waals surface area contributed by atoms with Gasteiger partial charge in [-0.05, 0) is 12.8 Å². The quantitative estimate of drug-likeness (QED) is 0.814. The lowest BCUT2D eigenvalue weighted by Crippen LogP contribution is -2.36. The van der Waals surface area contributed by atoms with Crippen LogP contribution in [-0.2, 0) is 5.54 Å². The van der Waals surface area contributed by atoms with Crippen LogP contribution in [0.4, 0.5) is 0 Å². The Kier molecular flexibility index (Phi) is 2.74. The highest BCUT2D eigenvalue weighted by atomic mass is 16.5. The molecule has 0 saturated heterocycles. The van der Waals surface area contributed by atoms with Crippen LogP contribution in [0.1, 0.15) is 32.5 Å². The van der Waals surface area contributed by atoms with E-state index < -0.39 is 5.54 Å². The molecular formula is C10H15N5O. The third-order valence-corrected chi connectivity index (χ3v) is 2.88. The van der Waals surface area contributed by atoms with Crippen LogP contribution in [0.2, 0.25) is 0 Å². The third-order valence-electron chi connectivity index (χ3n) is 2.88. The minimum atomic E-state index is -0.508. The van der Waals surface area contributed by atoms with Crippen LogP contribution in [0.5, 0.6) is 0 Å². The fourth-order valence-electron chi connectivity index (χ4n) is 1.48. The highest BCUT2D eigenvalue weighted by molar-refractivity contribution is 5.49. The van der Waals surface area contributed by atoms with Gasteiger partial charge >= 0.3 is 0 Å². The number of rotatable bonds is 4. The summed E-state index contributed by atoms with van der Waals surface area (Å²) in [5.74, 6) is 0.995. The number of aromatic nitrogens is 4. The van der Waals surface area contributed by atoms with Crippen LogP contribution in [0.3, 0.4) is 0 Å². The first-order valence-corrected chi connectivity index (χ1v) is 5.32. The molecule has 6 heteroatoms. The first-order valence-electron chi connectivity index (χ1n) is 5.32. The summed E-state index contributed by atoms with van der Waals surface area (Å²) in [5.41, 5.74) is 6.44. The molecule has 2 rings (SSSR count). The van der Waals surface area contributed by atoms with Crippen molar-refractivity contribution in [1.29, 1.82) is 0 Å². The van der Waals surface area contributed by atoms with Gasteiger partial charge in [0.2, 0.25) is 0 Å². The lowest BCUT2D eigenvalue weighted by Gasteiger charge is -2.21. The maximum Gasteiger partial charge on any atom is 0.261 e. The van der Waals surface area contributed by atoms with E-state index in [-0.39, 0.29) is 0 Å². The zero-order chi connectivity index (χ0) is 11.6.